The molecule has 1 amide bonds. The number of benzene rings is 4. The molecule has 1 atom stereocenters. The Labute approximate surface area is 262 Å². The SMILES string of the molecule is O=C(CN1CCN(CCc2ccc(OCc3ccccc3)cc2)C(=O)[C@H]1Cc1c[nH]c2ccccc12)c1c[nH]c2ccccc12. The predicted molar refractivity (Wildman–Crippen MR) is 177 cm³/mol. The summed E-state index contributed by atoms with van der Waals surface area (Å²) in [6.07, 6.45) is 5.07. The number of amides is 1. The number of para-hydroxylation sites is 2. The van der Waals surface area contributed by atoms with Crippen LogP contribution in [0.3, 0.4) is 0 Å². The number of hydrogen-bond acceptors (Lipinski definition) is 4. The molecule has 0 bridgehead atoms. The van der Waals surface area contributed by atoms with Crippen molar-refractivity contribution in [3.8, 4) is 5.75 Å². The van der Waals surface area contributed by atoms with Gasteiger partial charge in [-0.2, -0.15) is 0 Å². The Bertz CT molecular complexity index is 1930. The lowest BCUT2D eigenvalue weighted by atomic mass is 9.99. The van der Waals surface area contributed by atoms with Crippen LogP contribution >= 0.6 is 0 Å². The van der Waals surface area contributed by atoms with Crippen molar-refractivity contribution in [1.82, 2.24) is 19.8 Å². The van der Waals surface area contributed by atoms with Crippen molar-refractivity contribution in [2.45, 2.75) is 25.5 Å². The van der Waals surface area contributed by atoms with Gasteiger partial charge in [0.2, 0.25) is 5.91 Å². The van der Waals surface area contributed by atoms with Crippen molar-refractivity contribution in [1.29, 1.82) is 0 Å². The lowest BCUT2D eigenvalue weighted by Gasteiger charge is -2.40. The molecule has 1 aliphatic heterocycles. The number of aromatic amines is 2. The second kappa shape index (κ2) is 12.8. The highest BCUT2D eigenvalue weighted by Crippen LogP contribution is 2.25. The molecule has 4 aromatic carbocycles. The highest BCUT2D eigenvalue weighted by atomic mass is 16.5. The van der Waals surface area contributed by atoms with Gasteiger partial charge in [0, 0.05) is 59.4 Å². The van der Waals surface area contributed by atoms with Gasteiger partial charge in [0.15, 0.2) is 5.78 Å². The Kier molecular flexibility index (Phi) is 8.17. The minimum atomic E-state index is -0.430. The molecule has 1 fully saturated rings. The van der Waals surface area contributed by atoms with E-state index in [0.717, 1.165) is 50.7 Å². The summed E-state index contributed by atoms with van der Waals surface area (Å²) in [4.78, 5) is 38.3. The van der Waals surface area contributed by atoms with Crippen LogP contribution in [0, 0.1) is 0 Å². The average molecular weight is 597 g/mol. The lowest BCUT2D eigenvalue weighted by Crippen LogP contribution is -2.59. The number of rotatable bonds is 11. The lowest BCUT2D eigenvalue weighted by molar-refractivity contribution is -0.141. The molecule has 226 valence electrons. The van der Waals surface area contributed by atoms with Crippen LogP contribution in [0.5, 0.6) is 5.75 Å². The average Bonchev–Trinajstić information content (AvgIpc) is 3.70. The van der Waals surface area contributed by atoms with E-state index in [1.807, 2.05) is 83.9 Å². The summed E-state index contributed by atoms with van der Waals surface area (Å²) >= 11 is 0. The van der Waals surface area contributed by atoms with E-state index in [2.05, 4.69) is 45.2 Å². The number of nitrogens with one attached hydrogen (secondary N) is 2. The molecular formula is C38H36N4O3. The van der Waals surface area contributed by atoms with Gasteiger partial charge in [-0.15, -0.1) is 0 Å². The Hall–Kier alpha value is -5.14. The topological polar surface area (TPSA) is 81.4 Å². The second-order valence-electron chi connectivity index (χ2n) is 11.7. The smallest absolute Gasteiger partial charge is 0.240 e. The van der Waals surface area contributed by atoms with E-state index >= 15 is 0 Å². The Morgan fingerprint density at radius 2 is 1.44 bits per heavy atom. The van der Waals surface area contributed by atoms with Gasteiger partial charge in [-0.25, -0.2) is 0 Å². The molecule has 0 saturated carbocycles. The van der Waals surface area contributed by atoms with Gasteiger partial charge in [0.25, 0.3) is 0 Å². The summed E-state index contributed by atoms with van der Waals surface area (Å²) in [6, 6.07) is 33.8. The quantitative estimate of drug-likeness (QED) is 0.170. The third-order valence-corrected chi connectivity index (χ3v) is 8.86. The number of carbonyl (C=O) groups excluding carboxylic acids is 2. The number of piperazine rings is 1. The van der Waals surface area contributed by atoms with Gasteiger partial charge in [-0.3, -0.25) is 14.5 Å². The maximum Gasteiger partial charge on any atom is 0.240 e. The normalized spacial score (nSPS) is 15.6. The van der Waals surface area contributed by atoms with Crippen molar-refractivity contribution < 1.29 is 14.3 Å². The monoisotopic (exact) mass is 596 g/mol. The van der Waals surface area contributed by atoms with Crippen molar-refractivity contribution in [2.24, 2.45) is 0 Å². The number of ketones is 1. The van der Waals surface area contributed by atoms with Crippen LogP contribution in [0.15, 0.2) is 116 Å². The Morgan fingerprint density at radius 1 is 0.756 bits per heavy atom. The van der Waals surface area contributed by atoms with Crippen LogP contribution < -0.4 is 4.74 Å². The van der Waals surface area contributed by atoms with E-state index < -0.39 is 6.04 Å². The number of nitrogens with zero attached hydrogens (tertiary/aromatic N) is 2. The highest BCUT2D eigenvalue weighted by Gasteiger charge is 2.36. The first-order valence-electron chi connectivity index (χ1n) is 15.6. The van der Waals surface area contributed by atoms with E-state index in [4.69, 9.17) is 4.74 Å². The van der Waals surface area contributed by atoms with Gasteiger partial charge in [0.05, 0.1) is 12.6 Å². The zero-order valence-electron chi connectivity index (χ0n) is 25.1. The molecule has 7 nitrogen and oxygen atoms in total. The van der Waals surface area contributed by atoms with Crippen molar-refractivity contribution in [3.63, 3.8) is 0 Å². The fourth-order valence-corrected chi connectivity index (χ4v) is 6.35. The van der Waals surface area contributed by atoms with Crippen molar-refractivity contribution >= 4 is 33.5 Å². The fourth-order valence-electron chi connectivity index (χ4n) is 6.35. The Morgan fingerprint density at radius 3 is 2.24 bits per heavy atom. The zero-order valence-corrected chi connectivity index (χ0v) is 25.1. The third kappa shape index (κ3) is 6.26. The van der Waals surface area contributed by atoms with Gasteiger partial charge in [-0.05, 0) is 53.8 Å². The first-order chi connectivity index (χ1) is 22.1. The molecule has 0 radical (unpaired) electrons. The summed E-state index contributed by atoms with van der Waals surface area (Å²) in [5, 5.41) is 2.03. The third-order valence-electron chi connectivity index (χ3n) is 8.86. The second-order valence-corrected chi connectivity index (χ2v) is 11.7. The van der Waals surface area contributed by atoms with E-state index in [0.29, 0.717) is 38.2 Å². The van der Waals surface area contributed by atoms with Crippen LogP contribution in [-0.4, -0.2) is 63.7 Å². The molecule has 2 N–H and O–H groups in total. The summed E-state index contributed by atoms with van der Waals surface area (Å²) in [7, 11) is 0. The minimum Gasteiger partial charge on any atom is -0.489 e. The molecule has 7 rings (SSSR count). The number of Topliss-reactive ketones (excluding diaryl/α,β-unsaturated/α-hetero) is 1. The molecule has 2 aromatic heterocycles. The van der Waals surface area contributed by atoms with Crippen LogP contribution in [-0.2, 0) is 24.2 Å². The number of fused-ring (bicyclic) bond motifs is 2. The van der Waals surface area contributed by atoms with Gasteiger partial charge < -0.3 is 19.6 Å². The molecule has 0 spiro atoms. The zero-order chi connectivity index (χ0) is 30.6. The maximum atomic E-state index is 14.1. The summed E-state index contributed by atoms with van der Waals surface area (Å²) in [5.41, 5.74) is 6.02. The first-order valence-corrected chi connectivity index (χ1v) is 15.6. The minimum absolute atomic E-state index is 0.0206. The standard InChI is InChI=1S/C38H36N4O3/c43-37(33-24-40-35-13-7-5-11-32(33)35)25-42-21-20-41(38(44)36(42)22-29-23-39-34-12-6-4-10-31(29)34)19-18-27-14-16-30(17-15-27)45-26-28-8-2-1-3-9-28/h1-17,23-24,36,39-40H,18-22,25-26H2/t36-/m1/s1. The molecule has 7 heteroatoms. The van der Waals surface area contributed by atoms with E-state index in [1.165, 1.54) is 0 Å². The number of ether oxygens (including phenoxy) is 1. The molecule has 1 aliphatic rings. The predicted octanol–water partition coefficient (Wildman–Crippen LogP) is 6.41. The van der Waals surface area contributed by atoms with Crippen molar-refractivity contribution in [2.75, 3.05) is 26.2 Å². The molecule has 45 heavy (non-hydrogen) atoms. The number of carbonyl (C=O) groups is 2. The summed E-state index contributed by atoms with van der Waals surface area (Å²) in [6.45, 7) is 2.57. The molecule has 0 unspecified atom stereocenters. The van der Waals surface area contributed by atoms with Crippen LogP contribution in [0.1, 0.15) is 27.0 Å². The fraction of sp³-hybridized carbons (Fsp3) is 0.211. The molecule has 1 saturated heterocycles. The molecule has 6 aromatic rings. The van der Waals surface area contributed by atoms with E-state index in [-0.39, 0.29) is 18.2 Å². The van der Waals surface area contributed by atoms with E-state index in [1.54, 1.807) is 6.20 Å². The number of hydrogen-bond donors (Lipinski definition) is 2. The largest absolute Gasteiger partial charge is 0.489 e. The first kappa shape index (κ1) is 28.6. The van der Waals surface area contributed by atoms with Crippen LogP contribution in [0.2, 0.25) is 0 Å². The maximum absolute atomic E-state index is 14.1. The molecule has 3 heterocycles. The van der Waals surface area contributed by atoms with Gasteiger partial charge in [-0.1, -0.05) is 78.9 Å². The van der Waals surface area contributed by atoms with Crippen LogP contribution in [0.25, 0.3) is 21.8 Å². The Balaban J connectivity index is 1.05. The molecular weight excluding hydrogens is 560 g/mol. The highest BCUT2D eigenvalue weighted by molar-refractivity contribution is 6.09. The van der Waals surface area contributed by atoms with Crippen LogP contribution in [0.4, 0.5) is 0 Å². The molecule has 0 aliphatic carbocycles. The van der Waals surface area contributed by atoms with E-state index in [9.17, 15) is 9.59 Å². The number of aromatic nitrogens is 2. The van der Waals surface area contributed by atoms with Gasteiger partial charge >= 0.3 is 0 Å². The summed E-state index contributed by atoms with van der Waals surface area (Å²) < 4.78 is 5.94. The van der Waals surface area contributed by atoms with Crippen molar-refractivity contribution in [3.05, 3.63) is 138 Å². The summed E-state index contributed by atoms with van der Waals surface area (Å²) in [5.74, 6) is 0.916. The van der Waals surface area contributed by atoms with Gasteiger partial charge in [0.1, 0.15) is 12.4 Å². The number of H-pyrrole nitrogens is 2.